The number of fused-ring (bicyclic) bond motifs is 1. The molecule has 4 rings (SSSR count). The number of hydrogen-bond acceptors (Lipinski definition) is 5. The first-order chi connectivity index (χ1) is 11.3. The molecule has 1 aliphatic heterocycles. The van der Waals surface area contributed by atoms with Crippen LogP contribution in [-0.2, 0) is 6.54 Å². The minimum absolute atomic E-state index is 0.188. The molecular formula is C16H13FN4O2. The molecule has 2 N–H and O–H groups in total. The number of rotatable bonds is 3. The maximum atomic E-state index is 14.1. The van der Waals surface area contributed by atoms with E-state index in [-0.39, 0.29) is 19.2 Å². The van der Waals surface area contributed by atoms with Gasteiger partial charge in [0.25, 0.3) is 0 Å². The highest BCUT2D eigenvalue weighted by molar-refractivity contribution is 5.68. The van der Waals surface area contributed by atoms with Crippen molar-refractivity contribution in [3.63, 3.8) is 0 Å². The molecule has 0 unspecified atom stereocenters. The molecule has 7 heteroatoms. The van der Waals surface area contributed by atoms with E-state index in [0.717, 1.165) is 5.56 Å². The minimum Gasteiger partial charge on any atom is -0.454 e. The van der Waals surface area contributed by atoms with Gasteiger partial charge in [-0.2, -0.15) is 0 Å². The molecule has 2 aromatic carbocycles. The zero-order valence-electron chi connectivity index (χ0n) is 12.1. The molecule has 116 valence electrons. The number of hydrogen-bond donors (Lipinski definition) is 1. The predicted molar refractivity (Wildman–Crippen MR) is 80.8 cm³/mol. The quantitative estimate of drug-likeness (QED) is 0.803. The second-order valence-electron chi connectivity index (χ2n) is 5.02. The van der Waals surface area contributed by atoms with E-state index in [9.17, 15) is 4.39 Å². The zero-order valence-corrected chi connectivity index (χ0v) is 12.1. The molecule has 23 heavy (non-hydrogen) atoms. The third-order valence-electron chi connectivity index (χ3n) is 3.66. The Balaban J connectivity index is 1.91. The highest BCUT2D eigenvalue weighted by atomic mass is 19.1. The van der Waals surface area contributed by atoms with Crippen molar-refractivity contribution in [1.82, 2.24) is 15.0 Å². The monoisotopic (exact) mass is 312 g/mol. The first kappa shape index (κ1) is 13.7. The lowest BCUT2D eigenvalue weighted by Gasteiger charge is -2.09. The summed E-state index contributed by atoms with van der Waals surface area (Å²) in [6.07, 6.45) is 0. The van der Waals surface area contributed by atoms with Crippen LogP contribution in [0.5, 0.6) is 11.5 Å². The number of benzene rings is 2. The van der Waals surface area contributed by atoms with E-state index < -0.39 is 0 Å². The normalized spacial score (nSPS) is 12.6. The molecule has 0 saturated heterocycles. The van der Waals surface area contributed by atoms with E-state index in [4.69, 9.17) is 15.2 Å². The van der Waals surface area contributed by atoms with Gasteiger partial charge < -0.3 is 15.2 Å². The van der Waals surface area contributed by atoms with Gasteiger partial charge in [-0.15, -0.1) is 5.10 Å². The molecule has 0 radical (unpaired) electrons. The van der Waals surface area contributed by atoms with E-state index in [2.05, 4.69) is 10.3 Å². The standard InChI is InChI=1S/C16H13FN4O2/c17-11-3-1-2-4-13(11)21-16(12(8-18)19-20-21)10-5-6-14-15(7-10)23-9-22-14/h1-7H,8-9,18H2. The number of ether oxygens (including phenoxy) is 2. The molecule has 1 aliphatic rings. The summed E-state index contributed by atoms with van der Waals surface area (Å²) >= 11 is 0. The fraction of sp³-hybridized carbons (Fsp3) is 0.125. The minimum atomic E-state index is -0.386. The Kier molecular flexibility index (Phi) is 3.20. The number of halogens is 1. The topological polar surface area (TPSA) is 75.2 Å². The SMILES string of the molecule is NCc1nnn(-c2ccccc2F)c1-c1ccc2c(c1)OCO2. The number of nitrogens with two attached hydrogens (primary N) is 1. The molecule has 0 saturated carbocycles. The summed E-state index contributed by atoms with van der Waals surface area (Å²) < 4.78 is 26.3. The van der Waals surface area contributed by atoms with Gasteiger partial charge in [0, 0.05) is 12.1 Å². The molecule has 6 nitrogen and oxygen atoms in total. The summed E-state index contributed by atoms with van der Waals surface area (Å²) in [5.74, 6) is 0.919. The van der Waals surface area contributed by atoms with Gasteiger partial charge in [0.2, 0.25) is 6.79 Å². The van der Waals surface area contributed by atoms with E-state index >= 15 is 0 Å². The van der Waals surface area contributed by atoms with Gasteiger partial charge in [-0.1, -0.05) is 17.3 Å². The van der Waals surface area contributed by atoms with Gasteiger partial charge in [0.15, 0.2) is 11.5 Å². The Morgan fingerprint density at radius 1 is 1.13 bits per heavy atom. The summed E-state index contributed by atoms with van der Waals surface area (Å²) in [4.78, 5) is 0. The molecule has 3 aromatic rings. The molecule has 0 atom stereocenters. The van der Waals surface area contributed by atoms with Crippen LogP contribution in [0.3, 0.4) is 0 Å². The van der Waals surface area contributed by atoms with E-state index in [1.807, 2.05) is 12.1 Å². The van der Waals surface area contributed by atoms with Gasteiger partial charge >= 0.3 is 0 Å². The number of aromatic nitrogens is 3. The second kappa shape index (κ2) is 5.36. The van der Waals surface area contributed by atoms with Crippen LogP contribution in [0, 0.1) is 5.82 Å². The maximum absolute atomic E-state index is 14.1. The third kappa shape index (κ3) is 2.22. The smallest absolute Gasteiger partial charge is 0.231 e. The lowest BCUT2D eigenvalue weighted by atomic mass is 10.1. The predicted octanol–water partition coefficient (Wildman–Crippen LogP) is 2.26. The molecule has 0 amide bonds. The van der Waals surface area contributed by atoms with Crippen molar-refractivity contribution in [2.24, 2.45) is 5.73 Å². The van der Waals surface area contributed by atoms with Gasteiger partial charge in [-0.3, -0.25) is 0 Å². The van der Waals surface area contributed by atoms with Gasteiger partial charge in [-0.25, -0.2) is 9.07 Å². The van der Waals surface area contributed by atoms with Crippen molar-refractivity contribution in [2.75, 3.05) is 6.79 Å². The molecule has 0 fully saturated rings. The number of nitrogens with zero attached hydrogens (tertiary/aromatic N) is 3. The molecular weight excluding hydrogens is 299 g/mol. The molecule has 0 bridgehead atoms. The third-order valence-corrected chi connectivity index (χ3v) is 3.66. The Bertz CT molecular complexity index is 878. The molecule has 2 heterocycles. The summed E-state index contributed by atoms with van der Waals surface area (Å²) in [6.45, 7) is 0.381. The molecule has 0 aliphatic carbocycles. The van der Waals surface area contributed by atoms with Crippen LogP contribution in [0.25, 0.3) is 16.9 Å². The van der Waals surface area contributed by atoms with Crippen molar-refractivity contribution >= 4 is 0 Å². The van der Waals surface area contributed by atoms with Crippen LogP contribution in [0.2, 0.25) is 0 Å². The maximum Gasteiger partial charge on any atom is 0.231 e. The number of para-hydroxylation sites is 1. The summed E-state index contributed by atoms with van der Waals surface area (Å²) in [5.41, 5.74) is 8.07. The first-order valence-corrected chi connectivity index (χ1v) is 7.07. The fourth-order valence-electron chi connectivity index (χ4n) is 2.58. The Hall–Kier alpha value is -2.93. The average molecular weight is 312 g/mol. The van der Waals surface area contributed by atoms with Crippen LogP contribution in [0.1, 0.15) is 5.69 Å². The summed E-state index contributed by atoms with van der Waals surface area (Å²) in [7, 11) is 0. The Labute approximate surface area is 131 Å². The van der Waals surface area contributed by atoms with Gasteiger partial charge in [0.1, 0.15) is 17.2 Å². The van der Waals surface area contributed by atoms with Crippen molar-refractivity contribution < 1.29 is 13.9 Å². The van der Waals surface area contributed by atoms with Crippen molar-refractivity contribution in [3.8, 4) is 28.4 Å². The van der Waals surface area contributed by atoms with Crippen molar-refractivity contribution in [3.05, 3.63) is 54.0 Å². The van der Waals surface area contributed by atoms with Crippen molar-refractivity contribution in [2.45, 2.75) is 6.54 Å². The van der Waals surface area contributed by atoms with Crippen LogP contribution in [-0.4, -0.2) is 21.8 Å². The fourth-order valence-corrected chi connectivity index (χ4v) is 2.58. The lowest BCUT2D eigenvalue weighted by molar-refractivity contribution is 0.174. The van der Waals surface area contributed by atoms with E-state index in [1.165, 1.54) is 10.7 Å². The Morgan fingerprint density at radius 2 is 1.96 bits per heavy atom. The van der Waals surface area contributed by atoms with Crippen LogP contribution in [0.4, 0.5) is 4.39 Å². The summed E-state index contributed by atoms with van der Waals surface area (Å²) in [6, 6.07) is 11.9. The van der Waals surface area contributed by atoms with E-state index in [1.54, 1.807) is 24.3 Å². The molecule has 1 aromatic heterocycles. The van der Waals surface area contributed by atoms with Crippen molar-refractivity contribution in [1.29, 1.82) is 0 Å². The largest absolute Gasteiger partial charge is 0.454 e. The van der Waals surface area contributed by atoms with Gasteiger partial charge in [-0.05, 0) is 30.3 Å². The summed E-state index contributed by atoms with van der Waals surface area (Å²) in [5, 5.41) is 8.13. The zero-order chi connectivity index (χ0) is 15.8. The highest BCUT2D eigenvalue weighted by Crippen LogP contribution is 2.37. The molecule has 0 spiro atoms. The lowest BCUT2D eigenvalue weighted by Crippen LogP contribution is -2.04. The Morgan fingerprint density at radius 3 is 2.78 bits per heavy atom. The van der Waals surface area contributed by atoms with Crippen LogP contribution in [0.15, 0.2) is 42.5 Å². The van der Waals surface area contributed by atoms with Crippen LogP contribution < -0.4 is 15.2 Å². The average Bonchev–Trinajstić information content (AvgIpc) is 3.20. The highest BCUT2D eigenvalue weighted by Gasteiger charge is 2.20. The first-order valence-electron chi connectivity index (χ1n) is 7.07. The van der Waals surface area contributed by atoms with Crippen LogP contribution >= 0.6 is 0 Å². The van der Waals surface area contributed by atoms with E-state index in [0.29, 0.717) is 28.6 Å². The van der Waals surface area contributed by atoms with Gasteiger partial charge in [0.05, 0.1) is 5.69 Å². The second-order valence-corrected chi connectivity index (χ2v) is 5.02.